The molecule has 0 aliphatic rings. The van der Waals surface area contributed by atoms with Gasteiger partial charge in [0.25, 0.3) is 0 Å². The molecule has 176 valence electrons. The van der Waals surface area contributed by atoms with Crippen molar-refractivity contribution in [2.45, 2.75) is 19.4 Å². The molecule has 4 aromatic rings. The Morgan fingerprint density at radius 2 is 2.00 bits per heavy atom. The molecule has 2 aromatic carbocycles. The first-order chi connectivity index (χ1) is 17.0. The van der Waals surface area contributed by atoms with Gasteiger partial charge in [-0.1, -0.05) is 42.0 Å². The van der Waals surface area contributed by atoms with E-state index in [1.54, 1.807) is 11.5 Å². The number of carbonyl (C=O) groups is 3. The topological polar surface area (TPSA) is 132 Å². The summed E-state index contributed by atoms with van der Waals surface area (Å²) < 4.78 is 1.50. The first kappa shape index (κ1) is 23.6. The smallest absolute Gasteiger partial charge is 0.249 e. The summed E-state index contributed by atoms with van der Waals surface area (Å²) in [7, 11) is 0. The molecule has 0 radical (unpaired) electrons. The molecule has 4 rings (SSSR count). The minimum atomic E-state index is -0.866. The van der Waals surface area contributed by atoms with E-state index in [0.29, 0.717) is 12.0 Å². The van der Waals surface area contributed by atoms with E-state index in [4.69, 9.17) is 0 Å². The monoisotopic (exact) mass is 487 g/mol. The minimum absolute atomic E-state index is 0.230. The van der Waals surface area contributed by atoms with E-state index < -0.39 is 17.9 Å². The number of hydrogen-bond donors (Lipinski definition) is 2. The maximum atomic E-state index is 13.0. The molecule has 0 saturated carbocycles. The highest BCUT2D eigenvalue weighted by Gasteiger charge is 2.22. The van der Waals surface area contributed by atoms with E-state index in [2.05, 4.69) is 31.1 Å². The highest BCUT2D eigenvalue weighted by Crippen LogP contribution is 2.17. The number of aldehydes is 1. The molecule has 0 spiro atoms. The van der Waals surface area contributed by atoms with Crippen molar-refractivity contribution in [3.63, 3.8) is 0 Å². The lowest BCUT2D eigenvalue weighted by molar-refractivity contribution is -0.123. The first-order valence-corrected chi connectivity index (χ1v) is 11.5. The van der Waals surface area contributed by atoms with Crippen molar-refractivity contribution in [2.75, 3.05) is 5.32 Å². The van der Waals surface area contributed by atoms with Crippen LogP contribution in [0.1, 0.15) is 27.2 Å². The Bertz CT molecular complexity index is 1350. The van der Waals surface area contributed by atoms with Gasteiger partial charge in [0.2, 0.25) is 11.8 Å². The number of nitrogens with zero attached hydrogens (tertiary/aromatic N) is 5. The summed E-state index contributed by atoms with van der Waals surface area (Å²) in [6, 6.07) is 14.2. The van der Waals surface area contributed by atoms with Crippen LogP contribution in [-0.4, -0.2) is 49.3 Å². The normalized spacial score (nSPS) is 11.8. The second-order valence-corrected chi connectivity index (χ2v) is 8.44. The van der Waals surface area contributed by atoms with E-state index in [9.17, 15) is 14.4 Å². The maximum Gasteiger partial charge on any atom is 0.249 e. The van der Waals surface area contributed by atoms with Crippen molar-refractivity contribution in [1.29, 1.82) is 0 Å². The third-order valence-corrected chi connectivity index (χ3v) is 5.76. The fourth-order valence-corrected chi connectivity index (χ4v) is 3.98. The van der Waals surface area contributed by atoms with E-state index in [1.165, 1.54) is 17.1 Å². The van der Waals surface area contributed by atoms with Crippen LogP contribution in [0.3, 0.4) is 0 Å². The van der Waals surface area contributed by atoms with Gasteiger partial charge < -0.3 is 10.6 Å². The van der Waals surface area contributed by atoms with E-state index in [1.807, 2.05) is 55.5 Å². The number of rotatable bonds is 9. The summed E-state index contributed by atoms with van der Waals surface area (Å²) in [5.41, 5.74) is 3.55. The van der Waals surface area contributed by atoms with Crippen LogP contribution in [-0.2, 0) is 16.0 Å². The molecule has 2 aromatic heterocycles. The van der Waals surface area contributed by atoms with Crippen LogP contribution in [0, 0.1) is 6.92 Å². The Balaban J connectivity index is 1.52. The Morgan fingerprint density at radius 3 is 2.71 bits per heavy atom. The predicted octanol–water partition coefficient (Wildman–Crippen LogP) is 2.62. The molecule has 2 heterocycles. The Hall–Kier alpha value is -4.51. The van der Waals surface area contributed by atoms with Crippen molar-refractivity contribution < 1.29 is 14.4 Å². The van der Waals surface area contributed by atoms with Gasteiger partial charge in [-0.05, 0) is 41.1 Å². The predicted molar refractivity (Wildman–Crippen MR) is 131 cm³/mol. The van der Waals surface area contributed by atoms with Crippen LogP contribution >= 0.6 is 11.3 Å². The van der Waals surface area contributed by atoms with Crippen LogP contribution in [0.4, 0.5) is 5.13 Å². The van der Waals surface area contributed by atoms with Gasteiger partial charge in [-0.15, -0.1) is 16.4 Å². The molecule has 0 aliphatic heterocycles. The number of aromatic nitrogens is 5. The molecule has 0 aliphatic carbocycles. The molecule has 2 amide bonds. The summed E-state index contributed by atoms with van der Waals surface area (Å²) in [5, 5.41) is 18.5. The van der Waals surface area contributed by atoms with Crippen molar-refractivity contribution >= 4 is 40.6 Å². The molecule has 0 unspecified atom stereocenters. The van der Waals surface area contributed by atoms with Gasteiger partial charge in [-0.3, -0.25) is 14.4 Å². The molecule has 35 heavy (non-hydrogen) atoms. The number of carbonyl (C=O) groups excluding carboxylic acids is 3. The lowest BCUT2D eigenvalue weighted by Crippen LogP contribution is -2.44. The first-order valence-electron chi connectivity index (χ1n) is 10.6. The number of hydrogen-bond acceptors (Lipinski definition) is 8. The fraction of sp³-hybridized carbons (Fsp3) is 0.125. The average molecular weight is 488 g/mol. The quantitative estimate of drug-likeness (QED) is 0.274. The second kappa shape index (κ2) is 11.1. The summed E-state index contributed by atoms with van der Waals surface area (Å²) in [6.07, 6.45) is 5.36. The van der Waals surface area contributed by atoms with Gasteiger partial charge in [0.15, 0.2) is 11.4 Å². The fourth-order valence-electron chi connectivity index (χ4n) is 3.32. The van der Waals surface area contributed by atoms with Gasteiger partial charge >= 0.3 is 0 Å². The molecule has 1 atom stereocenters. The number of tetrazole rings is 1. The third-order valence-electron chi connectivity index (χ3n) is 4.98. The number of aryl methyl sites for hydroxylation is 1. The lowest BCUT2D eigenvalue weighted by atomic mass is 10.0. The minimum Gasteiger partial charge on any atom is -0.340 e. The standard InChI is InChI=1S/C24H21N7O3S/c1-16-7-9-21(31-15-25-29-30-31)18(11-16)8-10-22(33)27-20(12-17-5-3-2-4-6-17)23(34)28-24-26-19(13-32)14-35-24/h2-11,13-15,20H,12H2,1H3,(H,27,33)(H,26,28,34)/b10-8+/t20-/m0/s1. The molecular formula is C24H21N7O3S. The van der Waals surface area contributed by atoms with Crippen LogP contribution in [0.25, 0.3) is 11.8 Å². The van der Waals surface area contributed by atoms with Gasteiger partial charge in [-0.2, -0.15) is 4.68 Å². The van der Waals surface area contributed by atoms with E-state index in [-0.39, 0.29) is 17.2 Å². The number of nitrogens with one attached hydrogen (secondary N) is 2. The van der Waals surface area contributed by atoms with Gasteiger partial charge in [0.1, 0.15) is 18.1 Å². The zero-order chi connectivity index (χ0) is 24.6. The van der Waals surface area contributed by atoms with Gasteiger partial charge in [0.05, 0.1) is 5.69 Å². The van der Waals surface area contributed by atoms with Crippen molar-refractivity contribution in [2.24, 2.45) is 0 Å². The van der Waals surface area contributed by atoms with Gasteiger partial charge in [0, 0.05) is 23.4 Å². The zero-order valence-corrected chi connectivity index (χ0v) is 19.5. The van der Waals surface area contributed by atoms with Crippen LogP contribution in [0.15, 0.2) is 66.3 Å². The SMILES string of the molecule is Cc1ccc(-n2cnnn2)c(/C=C/C(=O)N[C@@H](Cc2ccccc2)C(=O)Nc2nc(C=O)cs2)c1. The largest absolute Gasteiger partial charge is 0.340 e. The third kappa shape index (κ3) is 6.30. The molecule has 10 nitrogen and oxygen atoms in total. The second-order valence-electron chi connectivity index (χ2n) is 7.59. The highest BCUT2D eigenvalue weighted by atomic mass is 32.1. The molecule has 0 saturated heterocycles. The van der Waals surface area contributed by atoms with Crippen molar-refractivity contribution in [3.8, 4) is 5.69 Å². The zero-order valence-electron chi connectivity index (χ0n) is 18.7. The average Bonchev–Trinajstić information content (AvgIpc) is 3.55. The van der Waals surface area contributed by atoms with Crippen LogP contribution in [0.5, 0.6) is 0 Å². The van der Waals surface area contributed by atoms with Crippen LogP contribution < -0.4 is 10.6 Å². The van der Waals surface area contributed by atoms with Crippen molar-refractivity contribution in [3.05, 3.63) is 88.7 Å². The molecule has 2 N–H and O–H groups in total. The van der Waals surface area contributed by atoms with E-state index in [0.717, 1.165) is 28.0 Å². The Labute approximate surface area is 204 Å². The number of anilines is 1. The number of benzene rings is 2. The Kier molecular flexibility index (Phi) is 7.48. The van der Waals surface area contributed by atoms with E-state index >= 15 is 0 Å². The van der Waals surface area contributed by atoms with Gasteiger partial charge in [-0.25, -0.2) is 4.98 Å². The number of amides is 2. The summed E-state index contributed by atoms with van der Waals surface area (Å²) in [4.78, 5) is 40.7. The summed E-state index contributed by atoms with van der Waals surface area (Å²) in [5.74, 6) is -0.884. The summed E-state index contributed by atoms with van der Waals surface area (Å²) >= 11 is 1.13. The van der Waals surface area contributed by atoms with Crippen molar-refractivity contribution in [1.82, 2.24) is 30.5 Å². The maximum absolute atomic E-state index is 13.0. The lowest BCUT2D eigenvalue weighted by Gasteiger charge is -2.17. The molecule has 0 fully saturated rings. The van der Waals surface area contributed by atoms with Crippen LogP contribution in [0.2, 0.25) is 0 Å². The number of thiazole rings is 1. The summed E-state index contributed by atoms with van der Waals surface area (Å²) in [6.45, 7) is 1.94. The highest BCUT2D eigenvalue weighted by molar-refractivity contribution is 7.14. The Morgan fingerprint density at radius 1 is 1.17 bits per heavy atom. The molecular weight excluding hydrogens is 466 g/mol. The molecule has 0 bridgehead atoms. The molecule has 11 heteroatoms.